The summed E-state index contributed by atoms with van der Waals surface area (Å²) in [5.41, 5.74) is 0.956. The molecule has 146 valence electrons. The van der Waals surface area contributed by atoms with Gasteiger partial charge in [-0.05, 0) is 31.2 Å². The summed E-state index contributed by atoms with van der Waals surface area (Å²) in [5.74, 6) is 0. The van der Waals surface area contributed by atoms with Crippen molar-refractivity contribution in [3.05, 3.63) is 60.2 Å². The molecule has 0 aromatic heterocycles. The van der Waals surface area contributed by atoms with Crippen molar-refractivity contribution >= 4 is 30.4 Å². The zero-order valence-electron chi connectivity index (χ0n) is 13.7. The van der Waals surface area contributed by atoms with E-state index in [9.17, 15) is 25.3 Å². The number of benzene rings is 2. The van der Waals surface area contributed by atoms with Crippen molar-refractivity contribution in [2.75, 3.05) is 6.26 Å². The van der Waals surface area contributed by atoms with E-state index in [1.165, 1.54) is 24.3 Å². The molecule has 3 N–H and O–H groups in total. The molecule has 26 heavy (non-hydrogen) atoms. The summed E-state index contributed by atoms with van der Waals surface area (Å²) in [7, 11) is -11.7. The molecule has 0 heterocycles. The average Bonchev–Trinajstić information content (AvgIpc) is 2.46. The molecule has 0 fully saturated rings. The van der Waals surface area contributed by atoms with Gasteiger partial charge in [-0.3, -0.25) is 13.7 Å². The lowest BCUT2D eigenvalue weighted by molar-refractivity contribution is 0.481. The topological polar surface area (TPSA) is 163 Å². The number of aryl methyl sites for hydroxylation is 1. The maximum Gasteiger partial charge on any atom is 0.294 e. The van der Waals surface area contributed by atoms with Crippen LogP contribution in [0.4, 0.5) is 0 Å². The molecule has 0 atom stereocenters. The SMILES string of the molecule is CS(=O)(=O)O.Cc1ccc(S(=O)(=O)O)cc1.O=S(=O)(O)c1ccccc1. The van der Waals surface area contributed by atoms with Crippen molar-refractivity contribution in [2.24, 2.45) is 0 Å². The van der Waals surface area contributed by atoms with Crippen LogP contribution in [0, 0.1) is 6.92 Å². The molecule has 2 rings (SSSR count). The molecule has 0 radical (unpaired) electrons. The fraction of sp³-hybridized carbons (Fsp3) is 0.143. The van der Waals surface area contributed by atoms with Gasteiger partial charge in [0.1, 0.15) is 0 Å². The number of hydrogen-bond acceptors (Lipinski definition) is 6. The normalized spacial score (nSPS) is 11.4. The first-order valence-corrected chi connectivity index (χ1v) is 11.3. The quantitative estimate of drug-likeness (QED) is 0.606. The maximum absolute atomic E-state index is 10.5. The molecule has 0 aliphatic rings. The lowest BCUT2D eigenvalue weighted by atomic mass is 10.2. The van der Waals surface area contributed by atoms with Crippen molar-refractivity contribution in [2.45, 2.75) is 16.7 Å². The molecule has 0 amide bonds. The molecule has 2 aromatic carbocycles. The third-order valence-electron chi connectivity index (χ3n) is 2.36. The highest BCUT2D eigenvalue weighted by atomic mass is 32.2. The standard InChI is InChI=1S/C7H8O3S.C6H6O3S.CH4O3S/c1-6-2-4-7(5-3-6)11(8,9)10;7-10(8,9)6-4-2-1-3-5-6;1-5(2,3)4/h2-5H,1H3,(H,8,9,10);1-5H,(H,7,8,9);1H3,(H,2,3,4). The Bertz CT molecular complexity index is 985. The van der Waals surface area contributed by atoms with E-state index in [4.69, 9.17) is 13.7 Å². The van der Waals surface area contributed by atoms with Gasteiger partial charge in [-0.1, -0.05) is 35.9 Å². The monoisotopic (exact) mass is 426 g/mol. The summed E-state index contributed by atoms with van der Waals surface area (Å²) in [6.45, 7) is 1.84. The Morgan fingerprint density at radius 3 is 1.19 bits per heavy atom. The molecule has 0 aliphatic carbocycles. The summed E-state index contributed by atoms with van der Waals surface area (Å²) in [5, 5.41) is 0. The molecule has 0 spiro atoms. The van der Waals surface area contributed by atoms with Gasteiger partial charge in [-0.25, -0.2) is 0 Å². The molecule has 0 saturated carbocycles. The number of rotatable bonds is 2. The van der Waals surface area contributed by atoms with E-state index in [0.717, 1.165) is 5.56 Å². The summed E-state index contributed by atoms with van der Waals surface area (Å²) in [6.07, 6.45) is 0.715. The van der Waals surface area contributed by atoms with Crippen molar-refractivity contribution < 1.29 is 38.9 Å². The molecule has 0 saturated heterocycles. The first-order valence-electron chi connectivity index (χ1n) is 6.60. The maximum atomic E-state index is 10.5. The smallest absolute Gasteiger partial charge is 0.286 e. The van der Waals surface area contributed by atoms with Gasteiger partial charge in [0.15, 0.2) is 0 Å². The molecular formula is C14H18O9S3. The van der Waals surface area contributed by atoms with Gasteiger partial charge in [0.25, 0.3) is 30.4 Å². The molecule has 9 nitrogen and oxygen atoms in total. The minimum absolute atomic E-state index is 0.0666. The Kier molecular flexibility index (Phi) is 9.07. The van der Waals surface area contributed by atoms with Crippen LogP contribution in [0.25, 0.3) is 0 Å². The molecule has 0 unspecified atom stereocenters. The minimum Gasteiger partial charge on any atom is -0.286 e. The van der Waals surface area contributed by atoms with Gasteiger partial charge in [-0.2, -0.15) is 25.3 Å². The second-order valence-electron chi connectivity index (χ2n) is 4.81. The lowest BCUT2D eigenvalue weighted by Gasteiger charge is -1.95. The van der Waals surface area contributed by atoms with Crippen LogP contribution in [0.1, 0.15) is 5.56 Å². The van der Waals surface area contributed by atoms with Crippen LogP contribution < -0.4 is 0 Å². The van der Waals surface area contributed by atoms with E-state index in [1.54, 1.807) is 30.3 Å². The second-order valence-corrected chi connectivity index (χ2v) is 9.12. The van der Waals surface area contributed by atoms with Crippen molar-refractivity contribution in [3.8, 4) is 0 Å². The predicted octanol–water partition coefficient (Wildman–Crippen LogP) is 1.68. The van der Waals surface area contributed by atoms with Gasteiger partial charge >= 0.3 is 0 Å². The highest BCUT2D eigenvalue weighted by molar-refractivity contribution is 7.86. The van der Waals surface area contributed by atoms with E-state index >= 15 is 0 Å². The summed E-state index contributed by atoms with van der Waals surface area (Å²) in [6, 6.07) is 13.4. The van der Waals surface area contributed by atoms with E-state index in [-0.39, 0.29) is 9.79 Å². The zero-order valence-corrected chi connectivity index (χ0v) is 16.2. The first-order chi connectivity index (χ1) is 11.6. The fourth-order valence-electron chi connectivity index (χ4n) is 1.30. The van der Waals surface area contributed by atoms with Gasteiger partial charge in [0, 0.05) is 0 Å². The number of hydrogen-bond donors (Lipinski definition) is 3. The van der Waals surface area contributed by atoms with Gasteiger partial charge in [0.05, 0.1) is 16.0 Å². The molecule has 0 aliphatic heterocycles. The minimum atomic E-state index is -4.02. The van der Waals surface area contributed by atoms with Crippen LogP contribution in [0.3, 0.4) is 0 Å². The molecule has 2 aromatic rings. The largest absolute Gasteiger partial charge is 0.294 e. The van der Waals surface area contributed by atoms with Crippen molar-refractivity contribution in [1.82, 2.24) is 0 Å². The predicted molar refractivity (Wildman–Crippen MR) is 94.7 cm³/mol. The zero-order chi connectivity index (χ0) is 20.6. The average molecular weight is 426 g/mol. The highest BCUT2D eigenvalue weighted by Crippen LogP contribution is 2.08. The van der Waals surface area contributed by atoms with E-state index in [0.29, 0.717) is 6.26 Å². The summed E-state index contributed by atoms with van der Waals surface area (Å²) < 4.78 is 84.7. The van der Waals surface area contributed by atoms with E-state index in [1.807, 2.05) is 6.92 Å². The Hall–Kier alpha value is -1.83. The van der Waals surface area contributed by atoms with Gasteiger partial charge in [-0.15, -0.1) is 0 Å². The third-order valence-corrected chi connectivity index (χ3v) is 4.10. The van der Waals surface area contributed by atoms with Crippen molar-refractivity contribution in [1.29, 1.82) is 0 Å². The van der Waals surface area contributed by atoms with Crippen LogP contribution in [0.5, 0.6) is 0 Å². The molecule has 12 heteroatoms. The Labute approximate surface area is 152 Å². The van der Waals surface area contributed by atoms with Gasteiger partial charge in [0.2, 0.25) is 0 Å². The van der Waals surface area contributed by atoms with Crippen LogP contribution in [0.15, 0.2) is 64.4 Å². The Morgan fingerprint density at radius 1 is 0.615 bits per heavy atom. The highest BCUT2D eigenvalue weighted by Gasteiger charge is 2.07. The Balaban J connectivity index is 0.000000387. The first kappa shape index (κ1) is 24.2. The summed E-state index contributed by atoms with van der Waals surface area (Å²) in [4.78, 5) is -0.141. The second kappa shape index (κ2) is 9.75. The van der Waals surface area contributed by atoms with E-state index < -0.39 is 30.4 Å². The summed E-state index contributed by atoms with van der Waals surface area (Å²) >= 11 is 0. The third kappa shape index (κ3) is 12.5. The molecular weight excluding hydrogens is 408 g/mol. The van der Waals surface area contributed by atoms with E-state index in [2.05, 4.69) is 0 Å². The molecule has 0 bridgehead atoms. The van der Waals surface area contributed by atoms with Crippen molar-refractivity contribution in [3.63, 3.8) is 0 Å². The van der Waals surface area contributed by atoms with Gasteiger partial charge < -0.3 is 0 Å². The fourth-order valence-corrected chi connectivity index (χ4v) is 2.28. The Morgan fingerprint density at radius 2 is 0.923 bits per heavy atom. The lowest BCUT2D eigenvalue weighted by Crippen LogP contribution is -1.96. The van der Waals surface area contributed by atoms with Crippen LogP contribution >= 0.6 is 0 Å². The van der Waals surface area contributed by atoms with Crippen LogP contribution in [-0.4, -0.2) is 45.2 Å². The van der Waals surface area contributed by atoms with Crippen LogP contribution in [0.2, 0.25) is 0 Å². The van der Waals surface area contributed by atoms with Crippen LogP contribution in [-0.2, 0) is 30.4 Å².